The van der Waals surface area contributed by atoms with E-state index in [4.69, 9.17) is 4.74 Å². The van der Waals surface area contributed by atoms with Crippen LogP contribution in [-0.2, 0) is 4.79 Å². The molecule has 0 unspecified atom stereocenters. The minimum atomic E-state index is -0.229. The fourth-order valence-electron chi connectivity index (χ4n) is 2.94. The number of aryl methyl sites for hydroxylation is 1. The molecule has 7 nitrogen and oxygen atoms in total. The third-order valence-corrected chi connectivity index (χ3v) is 7.07. The number of nitrogens with zero attached hydrogens (tertiary/aromatic N) is 4. The van der Waals surface area contributed by atoms with Crippen molar-refractivity contribution in [2.24, 2.45) is 5.10 Å². The van der Waals surface area contributed by atoms with Gasteiger partial charge in [-0.3, -0.25) is 9.36 Å². The van der Waals surface area contributed by atoms with Gasteiger partial charge in [0.15, 0.2) is 11.0 Å². The summed E-state index contributed by atoms with van der Waals surface area (Å²) in [5.74, 6) is 1.37. The molecule has 0 bridgehead atoms. The average molecular weight is 542 g/mol. The maximum absolute atomic E-state index is 12.3. The van der Waals surface area contributed by atoms with E-state index in [1.807, 2.05) is 72.2 Å². The van der Waals surface area contributed by atoms with Crippen LogP contribution in [0.4, 0.5) is 0 Å². The van der Waals surface area contributed by atoms with E-state index < -0.39 is 0 Å². The number of rotatable bonds is 8. The van der Waals surface area contributed by atoms with Gasteiger partial charge in [0, 0.05) is 16.1 Å². The van der Waals surface area contributed by atoms with E-state index in [1.54, 1.807) is 13.3 Å². The summed E-state index contributed by atoms with van der Waals surface area (Å²) in [5.41, 5.74) is 5.53. The Morgan fingerprint density at radius 3 is 2.58 bits per heavy atom. The highest BCUT2D eigenvalue weighted by molar-refractivity contribution is 9.11. The second-order valence-corrected chi connectivity index (χ2v) is 10.4. The number of thiophene rings is 1. The fraction of sp³-hybridized carbons (Fsp3) is 0.130. The maximum Gasteiger partial charge on any atom is 0.250 e. The number of methoxy groups -OCH3 is 1. The molecule has 0 aliphatic carbocycles. The average Bonchev–Trinajstić information content (AvgIpc) is 3.44. The number of aromatic nitrogens is 3. The Balaban J connectivity index is 1.53. The number of nitrogens with one attached hydrogen (secondary N) is 1. The Morgan fingerprint density at radius 2 is 1.91 bits per heavy atom. The molecule has 2 heterocycles. The van der Waals surface area contributed by atoms with E-state index >= 15 is 0 Å². The van der Waals surface area contributed by atoms with Gasteiger partial charge in [-0.25, -0.2) is 5.43 Å². The monoisotopic (exact) mass is 541 g/mol. The van der Waals surface area contributed by atoms with E-state index in [0.717, 1.165) is 31.2 Å². The molecule has 0 saturated heterocycles. The first-order valence-electron chi connectivity index (χ1n) is 9.90. The molecule has 0 radical (unpaired) electrons. The first-order valence-corrected chi connectivity index (χ1v) is 12.5. The van der Waals surface area contributed by atoms with Crippen LogP contribution >= 0.6 is 39.0 Å². The molecule has 0 aliphatic heterocycles. The molecule has 0 aliphatic rings. The lowest BCUT2D eigenvalue weighted by Gasteiger charge is -2.11. The lowest BCUT2D eigenvalue weighted by atomic mass is 10.1. The van der Waals surface area contributed by atoms with Gasteiger partial charge in [0.05, 0.1) is 22.9 Å². The SMILES string of the molecule is COc1ccc(-n2c(SCC(=O)N/N=C\c3ccc(Br)s3)nnc2-c2ccc(C)cc2)cc1. The molecule has 0 atom stereocenters. The van der Waals surface area contributed by atoms with Crippen LogP contribution in [0.5, 0.6) is 5.75 Å². The van der Waals surface area contributed by atoms with Crippen molar-refractivity contribution in [1.29, 1.82) is 0 Å². The maximum atomic E-state index is 12.3. The number of carbonyl (C=O) groups excluding carboxylic acids is 1. The zero-order valence-corrected chi connectivity index (χ0v) is 21.1. The molecule has 4 aromatic rings. The summed E-state index contributed by atoms with van der Waals surface area (Å²) in [6.07, 6.45) is 1.62. The van der Waals surface area contributed by atoms with Crippen molar-refractivity contribution >= 4 is 51.2 Å². The van der Waals surface area contributed by atoms with Gasteiger partial charge >= 0.3 is 0 Å². The molecule has 1 N–H and O–H groups in total. The number of hydrogen-bond donors (Lipinski definition) is 1. The number of benzene rings is 2. The smallest absolute Gasteiger partial charge is 0.250 e. The van der Waals surface area contributed by atoms with Crippen molar-refractivity contribution in [1.82, 2.24) is 20.2 Å². The Bertz CT molecular complexity index is 1270. The number of ether oxygens (including phenoxy) is 1. The van der Waals surface area contributed by atoms with Crippen LogP contribution in [0.3, 0.4) is 0 Å². The van der Waals surface area contributed by atoms with Crippen molar-refractivity contribution in [3.8, 4) is 22.8 Å². The summed E-state index contributed by atoms with van der Waals surface area (Å²) in [7, 11) is 1.63. The first-order chi connectivity index (χ1) is 16.0. The van der Waals surface area contributed by atoms with Crippen molar-refractivity contribution < 1.29 is 9.53 Å². The third kappa shape index (κ3) is 5.89. The van der Waals surface area contributed by atoms with E-state index in [2.05, 4.69) is 36.7 Å². The molecule has 168 valence electrons. The van der Waals surface area contributed by atoms with Crippen LogP contribution in [0.1, 0.15) is 10.4 Å². The van der Waals surface area contributed by atoms with Gasteiger partial charge in [-0.15, -0.1) is 21.5 Å². The zero-order chi connectivity index (χ0) is 23.2. The van der Waals surface area contributed by atoms with E-state index in [9.17, 15) is 4.79 Å². The molecule has 0 fully saturated rings. The van der Waals surface area contributed by atoms with Crippen LogP contribution in [-0.4, -0.2) is 39.7 Å². The summed E-state index contributed by atoms with van der Waals surface area (Å²) < 4.78 is 8.23. The number of thioether (sulfide) groups is 1. The van der Waals surface area contributed by atoms with Crippen LogP contribution in [0, 0.1) is 6.92 Å². The quantitative estimate of drug-likeness (QED) is 0.185. The van der Waals surface area contributed by atoms with Gasteiger partial charge in [0.2, 0.25) is 0 Å². The van der Waals surface area contributed by atoms with Gasteiger partial charge in [0.25, 0.3) is 5.91 Å². The highest BCUT2D eigenvalue weighted by atomic mass is 79.9. The Morgan fingerprint density at radius 1 is 1.15 bits per heavy atom. The number of amides is 1. The molecule has 10 heteroatoms. The summed E-state index contributed by atoms with van der Waals surface area (Å²) in [4.78, 5) is 13.3. The summed E-state index contributed by atoms with van der Waals surface area (Å²) >= 11 is 6.23. The predicted octanol–water partition coefficient (Wildman–Crippen LogP) is 5.32. The van der Waals surface area contributed by atoms with Crippen LogP contribution in [0.2, 0.25) is 0 Å². The minimum Gasteiger partial charge on any atom is -0.497 e. The standard InChI is InChI=1S/C23H20BrN5O2S2/c1-15-3-5-16(6-4-15)22-27-28-23(29(22)17-7-9-18(31-2)10-8-17)32-14-21(30)26-25-13-19-11-12-20(24)33-19/h3-13H,14H2,1-2H3,(H,26,30)/b25-13-. The van der Waals surface area contributed by atoms with E-state index in [0.29, 0.717) is 11.0 Å². The summed E-state index contributed by atoms with van der Waals surface area (Å²) in [6.45, 7) is 2.04. The normalized spacial score (nSPS) is 11.1. The van der Waals surface area contributed by atoms with Gasteiger partial charge < -0.3 is 4.74 Å². The summed E-state index contributed by atoms with van der Waals surface area (Å²) in [5, 5.41) is 13.4. The molecule has 0 saturated carbocycles. The lowest BCUT2D eigenvalue weighted by Crippen LogP contribution is -2.19. The molecule has 33 heavy (non-hydrogen) atoms. The van der Waals surface area contributed by atoms with Gasteiger partial charge in [-0.2, -0.15) is 5.10 Å². The van der Waals surface area contributed by atoms with E-state index in [-0.39, 0.29) is 11.7 Å². The second kappa shape index (κ2) is 10.8. The lowest BCUT2D eigenvalue weighted by molar-refractivity contribution is -0.118. The predicted molar refractivity (Wildman–Crippen MR) is 137 cm³/mol. The van der Waals surface area contributed by atoms with Gasteiger partial charge in [-0.1, -0.05) is 41.6 Å². The van der Waals surface area contributed by atoms with Crippen molar-refractivity contribution in [2.75, 3.05) is 12.9 Å². The highest BCUT2D eigenvalue weighted by Crippen LogP contribution is 2.29. The fourth-order valence-corrected chi connectivity index (χ4v) is 4.98. The Hall–Kier alpha value is -2.95. The van der Waals surface area contributed by atoms with Crippen molar-refractivity contribution in [3.63, 3.8) is 0 Å². The van der Waals surface area contributed by atoms with Crippen LogP contribution in [0.25, 0.3) is 17.1 Å². The van der Waals surface area contributed by atoms with Crippen LogP contribution < -0.4 is 10.2 Å². The number of hydrogen-bond acceptors (Lipinski definition) is 7. The highest BCUT2D eigenvalue weighted by Gasteiger charge is 2.17. The van der Waals surface area contributed by atoms with E-state index in [1.165, 1.54) is 23.1 Å². The topological polar surface area (TPSA) is 81.4 Å². The molecule has 2 aromatic carbocycles. The summed E-state index contributed by atoms with van der Waals surface area (Å²) in [6, 6.07) is 19.6. The van der Waals surface area contributed by atoms with Crippen LogP contribution in [0.15, 0.2) is 74.7 Å². The molecule has 2 aromatic heterocycles. The second-order valence-electron chi connectivity index (χ2n) is 6.93. The third-order valence-electron chi connectivity index (χ3n) is 4.58. The zero-order valence-electron chi connectivity index (χ0n) is 17.9. The largest absolute Gasteiger partial charge is 0.497 e. The Kier molecular flexibility index (Phi) is 7.58. The molecule has 1 amide bonds. The molecular weight excluding hydrogens is 522 g/mol. The first kappa shape index (κ1) is 23.2. The molecule has 0 spiro atoms. The number of carbonyl (C=O) groups is 1. The Labute approximate surface area is 208 Å². The van der Waals surface area contributed by atoms with Gasteiger partial charge in [-0.05, 0) is 59.3 Å². The minimum absolute atomic E-state index is 0.146. The van der Waals surface area contributed by atoms with Crippen molar-refractivity contribution in [2.45, 2.75) is 12.1 Å². The number of halogens is 1. The van der Waals surface area contributed by atoms with Gasteiger partial charge in [0.1, 0.15) is 5.75 Å². The van der Waals surface area contributed by atoms with Crippen molar-refractivity contribution in [3.05, 3.63) is 74.9 Å². The number of hydrazone groups is 1. The molecule has 4 rings (SSSR count). The molecular formula is C23H20BrN5O2S2.